The highest BCUT2D eigenvalue weighted by Crippen LogP contribution is 2.38. The molecule has 1 aromatic rings. The summed E-state index contributed by atoms with van der Waals surface area (Å²) in [5.74, 6) is 1.18. The quantitative estimate of drug-likeness (QED) is 0.865. The minimum absolute atomic E-state index is 0.263. The normalized spacial score (nSPS) is 23.1. The van der Waals surface area contributed by atoms with E-state index in [9.17, 15) is 0 Å². The largest absolute Gasteiger partial charge is 0.367 e. The van der Waals surface area contributed by atoms with E-state index in [1.54, 1.807) is 0 Å². The average molecular weight is 328 g/mol. The highest BCUT2D eigenvalue weighted by atomic mass is 79.9. The van der Waals surface area contributed by atoms with Crippen LogP contribution in [0.1, 0.15) is 65.6 Å². The monoisotopic (exact) mass is 327 g/mol. The Balaban J connectivity index is 2.35. The third-order valence-electron chi connectivity index (χ3n) is 3.82. The fraction of sp³-hybridized carbons (Fsp3) is 0.800. The van der Waals surface area contributed by atoms with Gasteiger partial charge in [0.05, 0.1) is 16.2 Å². The van der Waals surface area contributed by atoms with E-state index in [0.29, 0.717) is 12.1 Å². The lowest BCUT2D eigenvalue weighted by atomic mass is 9.91. The topological polar surface area (TPSA) is 29.9 Å². The Hall–Kier alpha value is -0.510. The maximum Gasteiger partial charge on any atom is 0.139 e. The van der Waals surface area contributed by atoms with Crippen LogP contribution in [-0.2, 0) is 6.42 Å². The van der Waals surface area contributed by atoms with Crippen molar-refractivity contribution in [1.82, 2.24) is 9.78 Å². The Kier molecular flexibility index (Phi) is 4.29. The first-order valence-corrected chi connectivity index (χ1v) is 8.18. The first-order chi connectivity index (χ1) is 8.85. The molecule has 1 aromatic heterocycles. The Labute approximate surface area is 125 Å². The molecule has 2 heterocycles. The van der Waals surface area contributed by atoms with E-state index in [0.717, 1.165) is 12.8 Å². The molecule has 2 unspecified atom stereocenters. The highest BCUT2D eigenvalue weighted by Gasteiger charge is 2.30. The van der Waals surface area contributed by atoms with E-state index < -0.39 is 0 Å². The molecule has 1 N–H and O–H groups in total. The zero-order chi connectivity index (χ0) is 14.2. The second-order valence-electron chi connectivity index (χ2n) is 6.84. The average Bonchev–Trinajstić information content (AvgIpc) is 2.63. The molecule has 19 heavy (non-hydrogen) atoms. The summed E-state index contributed by atoms with van der Waals surface area (Å²) in [6.45, 7) is 11.3. The van der Waals surface area contributed by atoms with Crippen LogP contribution in [0.25, 0.3) is 0 Å². The molecule has 4 heteroatoms. The van der Waals surface area contributed by atoms with Gasteiger partial charge in [-0.05, 0) is 47.0 Å². The summed E-state index contributed by atoms with van der Waals surface area (Å²) in [5.41, 5.74) is 1.45. The van der Waals surface area contributed by atoms with E-state index in [1.807, 2.05) is 0 Å². The number of aromatic nitrogens is 2. The summed E-state index contributed by atoms with van der Waals surface area (Å²) >= 11 is 3.76. The zero-order valence-electron chi connectivity index (χ0n) is 12.8. The van der Waals surface area contributed by atoms with Crippen molar-refractivity contribution in [2.45, 2.75) is 72.4 Å². The lowest BCUT2D eigenvalue weighted by molar-refractivity contribution is 0.354. The van der Waals surface area contributed by atoms with Crippen molar-refractivity contribution < 1.29 is 0 Å². The zero-order valence-corrected chi connectivity index (χ0v) is 14.3. The Bertz CT molecular complexity index is 445. The van der Waals surface area contributed by atoms with Crippen LogP contribution < -0.4 is 5.32 Å². The van der Waals surface area contributed by atoms with E-state index in [4.69, 9.17) is 5.10 Å². The minimum atomic E-state index is 0.263. The molecule has 0 aromatic carbocycles. The molecule has 1 aliphatic heterocycles. The van der Waals surface area contributed by atoms with E-state index in [2.05, 4.69) is 60.5 Å². The number of nitrogens with zero attached hydrogens (tertiary/aromatic N) is 2. The van der Waals surface area contributed by atoms with Crippen LogP contribution in [0.4, 0.5) is 5.82 Å². The third-order valence-corrected chi connectivity index (χ3v) is 4.66. The lowest BCUT2D eigenvalue weighted by Crippen LogP contribution is -2.31. The number of nitrogens with one attached hydrogen (secondary N) is 1. The predicted octanol–water partition coefficient (Wildman–Crippen LogP) is 4.78. The van der Waals surface area contributed by atoms with E-state index in [1.165, 1.54) is 28.8 Å². The Morgan fingerprint density at radius 2 is 2.00 bits per heavy atom. The van der Waals surface area contributed by atoms with Gasteiger partial charge >= 0.3 is 0 Å². The number of anilines is 1. The van der Waals surface area contributed by atoms with Crippen LogP contribution >= 0.6 is 15.9 Å². The van der Waals surface area contributed by atoms with Gasteiger partial charge in [-0.3, -0.25) is 0 Å². The van der Waals surface area contributed by atoms with Crippen molar-refractivity contribution in [2.24, 2.45) is 5.41 Å². The summed E-state index contributed by atoms with van der Waals surface area (Å²) in [4.78, 5) is 0. The van der Waals surface area contributed by atoms with Gasteiger partial charge in [-0.1, -0.05) is 34.6 Å². The molecule has 0 saturated heterocycles. The van der Waals surface area contributed by atoms with Crippen molar-refractivity contribution in [1.29, 1.82) is 0 Å². The molecule has 1 aliphatic rings. The smallest absolute Gasteiger partial charge is 0.139 e. The number of rotatable bonds is 3. The van der Waals surface area contributed by atoms with E-state index >= 15 is 0 Å². The first-order valence-electron chi connectivity index (χ1n) is 7.39. The van der Waals surface area contributed by atoms with E-state index in [-0.39, 0.29) is 5.41 Å². The number of hydrogen-bond donors (Lipinski definition) is 1. The molecule has 0 saturated carbocycles. The summed E-state index contributed by atoms with van der Waals surface area (Å²) in [7, 11) is 0. The third kappa shape index (κ3) is 3.15. The number of fused-ring (bicyclic) bond motifs is 1. The van der Waals surface area contributed by atoms with Gasteiger partial charge in [0.2, 0.25) is 0 Å². The van der Waals surface area contributed by atoms with Crippen molar-refractivity contribution in [3.63, 3.8) is 0 Å². The summed E-state index contributed by atoms with van der Waals surface area (Å²) < 4.78 is 3.37. The van der Waals surface area contributed by atoms with Crippen molar-refractivity contribution >= 4 is 21.7 Å². The Morgan fingerprint density at radius 1 is 1.32 bits per heavy atom. The van der Waals surface area contributed by atoms with Gasteiger partial charge in [0.15, 0.2) is 0 Å². The van der Waals surface area contributed by atoms with Gasteiger partial charge in [0.1, 0.15) is 5.82 Å². The number of hydrogen-bond acceptors (Lipinski definition) is 2. The molecule has 0 amide bonds. The van der Waals surface area contributed by atoms with Gasteiger partial charge in [-0.15, -0.1) is 0 Å². The molecule has 0 radical (unpaired) electrons. The maximum absolute atomic E-state index is 4.86. The van der Waals surface area contributed by atoms with Crippen molar-refractivity contribution in [3.05, 3.63) is 10.2 Å². The SMILES string of the molecule is CCC1CC(CC)n2nc(CC(C)(C)C)c(Br)c2N1. The van der Waals surface area contributed by atoms with Gasteiger partial charge < -0.3 is 5.32 Å². The van der Waals surface area contributed by atoms with Crippen LogP contribution in [0.5, 0.6) is 0 Å². The summed E-state index contributed by atoms with van der Waals surface area (Å²) in [5, 5.41) is 8.50. The van der Waals surface area contributed by atoms with Gasteiger partial charge in [0.25, 0.3) is 0 Å². The van der Waals surface area contributed by atoms with Crippen LogP contribution in [0.15, 0.2) is 4.47 Å². The molecule has 2 rings (SSSR count). The van der Waals surface area contributed by atoms with Gasteiger partial charge in [-0.2, -0.15) is 5.10 Å². The van der Waals surface area contributed by atoms with Crippen molar-refractivity contribution in [2.75, 3.05) is 5.32 Å². The second kappa shape index (κ2) is 5.47. The predicted molar refractivity (Wildman–Crippen MR) is 84.7 cm³/mol. The molecular formula is C15H26BrN3. The minimum Gasteiger partial charge on any atom is -0.367 e. The first kappa shape index (κ1) is 14.9. The van der Waals surface area contributed by atoms with Gasteiger partial charge in [0, 0.05) is 6.04 Å². The molecule has 108 valence electrons. The molecule has 0 spiro atoms. The van der Waals surface area contributed by atoms with Crippen molar-refractivity contribution in [3.8, 4) is 0 Å². The van der Waals surface area contributed by atoms with Crippen LogP contribution in [-0.4, -0.2) is 15.8 Å². The lowest BCUT2D eigenvalue weighted by Gasteiger charge is -2.31. The van der Waals surface area contributed by atoms with Gasteiger partial charge in [-0.25, -0.2) is 4.68 Å². The van der Waals surface area contributed by atoms with Crippen LogP contribution in [0, 0.1) is 5.41 Å². The molecule has 3 nitrogen and oxygen atoms in total. The Morgan fingerprint density at radius 3 is 2.53 bits per heavy atom. The maximum atomic E-state index is 4.86. The summed E-state index contributed by atoms with van der Waals surface area (Å²) in [6, 6.07) is 1.11. The molecule has 0 aliphatic carbocycles. The fourth-order valence-corrected chi connectivity index (χ4v) is 3.27. The highest BCUT2D eigenvalue weighted by molar-refractivity contribution is 9.10. The molecule has 0 fully saturated rings. The molecular weight excluding hydrogens is 302 g/mol. The fourth-order valence-electron chi connectivity index (χ4n) is 2.76. The molecule has 2 atom stereocenters. The second-order valence-corrected chi connectivity index (χ2v) is 7.63. The van der Waals surface area contributed by atoms with Crippen LogP contribution in [0.2, 0.25) is 0 Å². The van der Waals surface area contributed by atoms with Crippen LogP contribution in [0.3, 0.4) is 0 Å². The standard InChI is InChI=1S/C15H26BrN3/c1-6-10-8-11(7-2)19-14(17-10)13(16)12(18-19)9-15(3,4)5/h10-11,17H,6-9H2,1-5H3. The number of halogens is 1. The summed E-state index contributed by atoms with van der Waals surface area (Å²) in [6.07, 6.45) is 4.50. The molecule has 0 bridgehead atoms.